The van der Waals surface area contributed by atoms with E-state index >= 15 is 0 Å². The van der Waals surface area contributed by atoms with E-state index in [0.29, 0.717) is 12.8 Å². The number of esters is 2. The van der Waals surface area contributed by atoms with Crippen molar-refractivity contribution in [1.82, 2.24) is 0 Å². The molecule has 0 radical (unpaired) electrons. The number of aliphatic carboxylic acids is 1. The molecule has 1 unspecified atom stereocenters. The van der Waals surface area contributed by atoms with E-state index in [1.165, 1.54) is 12.1 Å². The van der Waals surface area contributed by atoms with E-state index in [1.807, 2.05) is 6.07 Å². The third kappa shape index (κ3) is 3.87. The van der Waals surface area contributed by atoms with Gasteiger partial charge in [0.25, 0.3) is 0 Å². The highest BCUT2D eigenvalue weighted by Crippen LogP contribution is 2.68. The molecule has 0 aromatic heterocycles. The molecule has 1 aliphatic heterocycles. The zero-order valence-electron chi connectivity index (χ0n) is 22.1. The molecule has 2 aromatic carbocycles. The molecule has 11 nitrogen and oxygen atoms in total. The summed E-state index contributed by atoms with van der Waals surface area (Å²) in [7, 11) is 0. The number of hydrogen-bond donors (Lipinski definition) is 5. The third-order valence-corrected chi connectivity index (χ3v) is 9.29. The molecule has 6 rings (SSSR count). The predicted octanol–water partition coefficient (Wildman–Crippen LogP) is 1.65. The normalized spacial score (nSPS) is 31.0. The molecule has 1 spiro atoms. The van der Waals surface area contributed by atoms with Gasteiger partial charge in [0.15, 0.2) is 29.8 Å². The molecular formula is C30H30O11. The van der Waals surface area contributed by atoms with Crippen LogP contribution >= 0.6 is 0 Å². The van der Waals surface area contributed by atoms with Crippen LogP contribution in [0.1, 0.15) is 49.0 Å². The zero-order valence-corrected chi connectivity index (χ0v) is 22.1. The Morgan fingerprint density at radius 3 is 2.49 bits per heavy atom. The molecule has 2 bridgehead atoms. The highest BCUT2D eigenvalue weighted by atomic mass is 16.6. The van der Waals surface area contributed by atoms with Gasteiger partial charge in [0.05, 0.1) is 11.0 Å². The van der Waals surface area contributed by atoms with E-state index < -0.39 is 53.3 Å². The van der Waals surface area contributed by atoms with Crippen molar-refractivity contribution >= 4 is 17.9 Å². The number of aromatic hydroxyl groups is 1. The number of carboxylic acids is 1. The molecule has 5 N–H and O–H groups in total. The molecule has 1 fully saturated rings. The van der Waals surface area contributed by atoms with Gasteiger partial charge in [0.1, 0.15) is 5.76 Å². The summed E-state index contributed by atoms with van der Waals surface area (Å²) in [6.45, 7) is 2.11. The molecule has 8 atom stereocenters. The van der Waals surface area contributed by atoms with Crippen LogP contribution in [0.3, 0.4) is 0 Å². The topological polar surface area (TPSA) is 180 Å². The van der Waals surface area contributed by atoms with Gasteiger partial charge in [-0.25, -0.2) is 14.4 Å². The molecule has 3 aliphatic carbocycles. The maximum absolute atomic E-state index is 13.6. The summed E-state index contributed by atoms with van der Waals surface area (Å²) in [5, 5.41) is 51.5. The summed E-state index contributed by atoms with van der Waals surface area (Å²) < 4.78 is 17.3. The second-order valence-electron chi connectivity index (χ2n) is 11.4. The van der Waals surface area contributed by atoms with Gasteiger partial charge in [-0.05, 0) is 55.2 Å². The lowest BCUT2D eigenvalue weighted by molar-refractivity contribution is -0.184. The second kappa shape index (κ2) is 9.57. The first kappa shape index (κ1) is 27.3. The minimum atomic E-state index is -2.46. The maximum Gasteiger partial charge on any atom is 0.357 e. The Kier molecular flexibility index (Phi) is 6.36. The van der Waals surface area contributed by atoms with Gasteiger partial charge in [-0.2, -0.15) is 0 Å². The van der Waals surface area contributed by atoms with Crippen LogP contribution < -0.4 is 4.74 Å². The first-order valence-electron chi connectivity index (χ1n) is 13.5. The van der Waals surface area contributed by atoms with Crippen LogP contribution in [0, 0.1) is 11.8 Å². The van der Waals surface area contributed by atoms with Crippen molar-refractivity contribution in [2.75, 3.05) is 0 Å². The van der Waals surface area contributed by atoms with E-state index in [2.05, 4.69) is 6.92 Å². The minimum Gasteiger partial charge on any atom is -0.504 e. The van der Waals surface area contributed by atoms with Crippen molar-refractivity contribution in [3.8, 4) is 11.5 Å². The number of hydrogen-bond acceptors (Lipinski definition) is 10. The number of aliphatic hydroxyl groups excluding tert-OH is 2. The first-order valence-corrected chi connectivity index (χ1v) is 13.5. The molecule has 11 heteroatoms. The number of phenolic OH excluding ortho intramolecular Hbond substituents is 1. The number of carboxylic acid groups (broad SMARTS) is 1. The number of phenols is 1. The standard InChI is InChI=1S/C30H30O11/c1-14-9-11-29-20-16-7-8-18(31)24(20)40-25(29)19(10-12-30(29,38)17(14)13-16)39-28(37)23(15-5-3-2-4-6-15)41-27(36)22(33)21(32)26(34)35/h2-8,10,14,17,21-23,25,31-33,38H,9,11-13H2,1H3,(H,34,35)/t14?,17-,21+,22+,23-,25-,29-,30+/m0/s1. The van der Waals surface area contributed by atoms with Crippen molar-refractivity contribution in [3.05, 3.63) is 71.0 Å². The Bertz CT molecular complexity index is 1450. The number of benzene rings is 2. The molecule has 0 amide bonds. The molecule has 4 aliphatic rings. The molecular weight excluding hydrogens is 536 g/mol. The number of aliphatic hydroxyl groups is 3. The van der Waals surface area contributed by atoms with E-state index in [-0.39, 0.29) is 41.1 Å². The van der Waals surface area contributed by atoms with Crippen LogP contribution in [-0.4, -0.2) is 67.4 Å². The number of carbonyl (C=O) groups is 3. The van der Waals surface area contributed by atoms with Gasteiger partial charge < -0.3 is 39.7 Å². The van der Waals surface area contributed by atoms with E-state index in [0.717, 1.165) is 17.5 Å². The minimum absolute atomic E-state index is 0.0829. The molecule has 1 heterocycles. The second-order valence-corrected chi connectivity index (χ2v) is 11.4. The Morgan fingerprint density at radius 1 is 1.05 bits per heavy atom. The van der Waals surface area contributed by atoms with Gasteiger partial charge in [0.2, 0.25) is 6.10 Å². The molecule has 216 valence electrons. The van der Waals surface area contributed by atoms with E-state index in [1.54, 1.807) is 30.3 Å². The summed E-state index contributed by atoms with van der Waals surface area (Å²) in [6.07, 6.45) is -3.90. The van der Waals surface area contributed by atoms with Crippen molar-refractivity contribution in [3.63, 3.8) is 0 Å². The zero-order chi connectivity index (χ0) is 29.3. The van der Waals surface area contributed by atoms with Gasteiger partial charge in [-0.3, -0.25) is 0 Å². The number of ether oxygens (including phenoxy) is 3. The lowest BCUT2D eigenvalue weighted by Gasteiger charge is -2.61. The SMILES string of the molecule is CC1CC[C@]23c4c5ccc(O)c4O[C@H]2C(OC(=O)[C@@H](OC(=O)[C@H](O)[C@@H](O)C(=O)O)c2ccccc2)=CC[C@@]3(O)[C@H]1C5. The van der Waals surface area contributed by atoms with Crippen molar-refractivity contribution in [2.45, 2.75) is 68.0 Å². The van der Waals surface area contributed by atoms with Gasteiger partial charge in [-0.1, -0.05) is 43.3 Å². The number of carbonyl (C=O) groups excluding carboxylic acids is 2. The Morgan fingerprint density at radius 2 is 1.78 bits per heavy atom. The molecule has 2 aromatic rings. The fourth-order valence-corrected chi connectivity index (χ4v) is 7.31. The first-order chi connectivity index (χ1) is 19.5. The number of rotatable bonds is 7. The highest BCUT2D eigenvalue weighted by Gasteiger charge is 2.72. The van der Waals surface area contributed by atoms with Crippen LogP contribution in [0.15, 0.2) is 54.3 Å². The van der Waals surface area contributed by atoms with E-state index in [4.69, 9.17) is 19.3 Å². The molecule has 0 saturated heterocycles. The summed E-state index contributed by atoms with van der Waals surface area (Å²) in [5.41, 5.74) is -0.312. The van der Waals surface area contributed by atoms with E-state index in [9.17, 15) is 34.8 Å². The lowest BCUT2D eigenvalue weighted by Crippen LogP contribution is -2.69. The maximum atomic E-state index is 13.6. The van der Waals surface area contributed by atoms with Crippen LogP contribution in [-0.2, 0) is 35.7 Å². The van der Waals surface area contributed by atoms with Crippen LogP contribution in [0.25, 0.3) is 0 Å². The molecule has 41 heavy (non-hydrogen) atoms. The Labute approximate surface area is 234 Å². The van der Waals surface area contributed by atoms with Crippen LogP contribution in [0.5, 0.6) is 11.5 Å². The molecule has 1 saturated carbocycles. The van der Waals surface area contributed by atoms with Gasteiger partial charge >= 0.3 is 17.9 Å². The average Bonchev–Trinajstić information content (AvgIpc) is 3.32. The van der Waals surface area contributed by atoms with Crippen LogP contribution in [0.4, 0.5) is 0 Å². The van der Waals surface area contributed by atoms with Crippen LogP contribution in [0.2, 0.25) is 0 Å². The highest BCUT2D eigenvalue weighted by molar-refractivity contribution is 5.87. The van der Waals surface area contributed by atoms with Crippen molar-refractivity contribution in [2.24, 2.45) is 11.8 Å². The summed E-state index contributed by atoms with van der Waals surface area (Å²) in [6, 6.07) is 11.2. The summed E-state index contributed by atoms with van der Waals surface area (Å²) in [5.74, 6) is -4.05. The monoisotopic (exact) mass is 566 g/mol. The van der Waals surface area contributed by atoms with Crippen molar-refractivity contribution in [1.29, 1.82) is 0 Å². The third-order valence-electron chi connectivity index (χ3n) is 9.29. The fraction of sp³-hybridized carbons (Fsp3) is 0.433. The predicted molar refractivity (Wildman–Crippen MR) is 138 cm³/mol. The summed E-state index contributed by atoms with van der Waals surface area (Å²) in [4.78, 5) is 37.2. The largest absolute Gasteiger partial charge is 0.504 e. The fourth-order valence-electron chi connectivity index (χ4n) is 7.31. The quantitative estimate of drug-likeness (QED) is 0.308. The Balaban J connectivity index is 1.35. The smallest absolute Gasteiger partial charge is 0.357 e. The Hall–Kier alpha value is -3.93. The van der Waals surface area contributed by atoms with Crippen molar-refractivity contribution < 1.29 is 54.1 Å². The van der Waals surface area contributed by atoms with Gasteiger partial charge in [-0.15, -0.1) is 0 Å². The van der Waals surface area contributed by atoms with Gasteiger partial charge in [0, 0.05) is 11.1 Å². The average molecular weight is 567 g/mol. The summed E-state index contributed by atoms with van der Waals surface area (Å²) >= 11 is 0. The lowest BCUT2D eigenvalue weighted by atomic mass is 9.45.